The minimum atomic E-state index is -0.450. The summed E-state index contributed by atoms with van der Waals surface area (Å²) in [6.45, 7) is 4.81. The van der Waals surface area contributed by atoms with E-state index in [2.05, 4.69) is 4.90 Å². The zero-order chi connectivity index (χ0) is 10.1. The highest BCUT2D eigenvalue weighted by molar-refractivity contribution is 5.69. The number of hydrazine groups is 1. The van der Waals surface area contributed by atoms with Crippen LogP contribution in [0.5, 0.6) is 0 Å². The molecule has 1 amide bonds. The lowest BCUT2D eigenvalue weighted by atomic mass is 10.2. The van der Waals surface area contributed by atoms with Crippen molar-refractivity contribution in [1.29, 1.82) is 0 Å². The number of hydrogen-bond acceptors (Lipinski definition) is 5. The smallest absolute Gasteiger partial charge is 0.426 e. The van der Waals surface area contributed by atoms with Gasteiger partial charge in [0.05, 0.1) is 13.2 Å². The van der Waals surface area contributed by atoms with Crippen molar-refractivity contribution in [3.05, 3.63) is 0 Å². The van der Waals surface area contributed by atoms with Crippen molar-refractivity contribution in [1.82, 2.24) is 9.91 Å². The maximum absolute atomic E-state index is 11.2. The van der Waals surface area contributed by atoms with Crippen LogP contribution in [0.1, 0.15) is 6.92 Å². The fourth-order valence-electron chi connectivity index (χ4n) is 1.93. The molecule has 2 heterocycles. The number of carbonyl (C=O) groups excluding carboxylic acids is 1. The Labute approximate surface area is 82.5 Å². The van der Waals surface area contributed by atoms with Gasteiger partial charge in [0, 0.05) is 13.1 Å². The van der Waals surface area contributed by atoms with Crippen LogP contribution in [0.15, 0.2) is 0 Å². The summed E-state index contributed by atoms with van der Waals surface area (Å²) in [5.74, 6) is 5.62. The molecule has 0 radical (unpaired) electrons. The molecular formula is C8H15N3O3. The minimum absolute atomic E-state index is 0.147. The first-order valence-electron chi connectivity index (χ1n) is 4.76. The highest BCUT2D eigenvalue weighted by atomic mass is 16.6. The van der Waals surface area contributed by atoms with Crippen LogP contribution in [0, 0.1) is 0 Å². The summed E-state index contributed by atoms with van der Waals surface area (Å²) in [6, 6.07) is 0. The van der Waals surface area contributed by atoms with Crippen LogP contribution < -0.4 is 5.84 Å². The molecule has 0 bridgehead atoms. The van der Waals surface area contributed by atoms with Gasteiger partial charge in [0.25, 0.3) is 0 Å². The van der Waals surface area contributed by atoms with E-state index in [0.29, 0.717) is 13.2 Å². The van der Waals surface area contributed by atoms with E-state index in [0.717, 1.165) is 18.1 Å². The van der Waals surface area contributed by atoms with Crippen molar-refractivity contribution in [2.24, 2.45) is 5.84 Å². The van der Waals surface area contributed by atoms with Gasteiger partial charge in [0.1, 0.15) is 12.3 Å². The average molecular weight is 201 g/mol. The molecule has 2 atom stereocenters. The quantitative estimate of drug-likeness (QED) is 0.451. The van der Waals surface area contributed by atoms with Gasteiger partial charge in [-0.2, -0.15) is 0 Å². The Morgan fingerprint density at radius 2 is 2.07 bits per heavy atom. The molecule has 2 rings (SSSR count). The number of amides is 1. The number of nitrogens with two attached hydrogens (primary N) is 1. The number of nitrogens with zero attached hydrogens (tertiary/aromatic N) is 2. The molecule has 0 aromatic heterocycles. The molecule has 0 spiro atoms. The molecule has 2 unspecified atom stereocenters. The summed E-state index contributed by atoms with van der Waals surface area (Å²) in [5, 5.41) is 1.16. The fraction of sp³-hybridized carbons (Fsp3) is 0.875. The van der Waals surface area contributed by atoms with E-state index in [-0.39, 0.29) is 12.3 Å². The lowest BCUT2D eigenvalue weighted by Gasteiger charge is -2.34. The Morgan fingerprint density at radius 3 is 2.57 bits per heavy atom. The number of rotatable bonds is 1. The number of morpholine rings is 1. The summed E-state index contributed by atoms with van der Waals surface area (Å²) in [6.07, 6.45) is -0.772. The lowest BCUT2D eigenvalue weighted by molar-refractivity contribution is -0.0257. The van der Waals surface area contributed by atoms with Crippen molar-refractivity contribution in [2.45, 2.75) is 19.2 Å². The molecule has 6 nitrogen and oxygen atoms in total. The maximum atomic E-state index is 11.2. The third-order valence-corrected chi connectivity index (χ3v) is 2.62. The van der Waals surface area contributed by atoms with E-state index in [1.165, 1.54) is 0 Å². The van der Waals surface area contributed by atoms with Gasteiger partial charge < -0.3 is 9.47 Å². The van der Waals surface area contributed by atoms with E-state index in [1.807, 2.05) is 6.92 Å². The molecule has 2 N–H and O–H groups in total. The summed E-state index contributed by atoms with van der Waals surface area (Å²) >= 11 is 0. The van der Waals surface area contributed by atoms with Crippen LogP contribution in [0.25, 0.3) is 0 Å². The molecule has 0 aromatic rings. The van der Waals surface area contributed by atoms with Crippen LogP contribution in [0.4, 0.5) is 4.79 Å². The second-order valence-corrected chi connectivity index (χ2v) is 3.56. The van der Waals surface area contributed by atoms with Crippen LogP contribution in [-0.2, 0) is 9.47 Å². The average Bonchev–Trinajstić information content (AvgIpc) is 2.43. The van der Waals surface area contributed by atoms with Gasteiger partial charge in [-0.3, -0.25) is 4.90 Å². The van der Waals surface area contributed by atoms with Crippen LogP contribution in [0.2, 0.25) is 0 Å². The molecule has 14 heavy (non-hydrogen) atoms. The van der Waals surface area contributed by atoms with Gasteiger partial charge >= 0.3 is 6.09 Å². The first-order valence-corrected chi connectivity index (χ1v) is 4.76. The van der Waals surface area contributed by atoms with Gasteiger partial charge in [0.2, 0.25) is 0 Å². The van der Waals surface area contributed by atoms with Crippen molar-refractivity contribution >= 4 is 6.09 Å². The molecule has 0 aromatic carbocycles. The fourth-order valence-corrected chi connectivity index (χ4v) is 1.93. The van der Waals surface area contributed by atoms with E-state index >= 15 is 0 Å². The number of ether oxygens (including phenoxy) is 2. The van der Waals surface area contributed by atoms with Crippen molar-refractivity contribution in [3.8, 4) is 0 Å². The molecule has 2 aliphatic heterocycles. The Hall–Kier alpha value is -0.850. The molecule has 0 saturated carbocycles. The minimum Gasteiger partial charge on any atom is -0.442 e. The highest BCUT2D eigenvalue weighted by Crippen LogP contribution is 2.19. The van der Waals surface area contributed by atoms with Gasteiger partial charge in [-0.1, -0.05) is 0 Å². The standard InChI is InChI=1S/C8H15N3O3/c1-6-7(11(9)8(12)14-6)10-2-4-13-5-3-10/h6-7H,2-5,9H2,1H3. The third-order valence-electron chi connectivity index (χ3n) is 2.62. The second kappa shape index (κ2) is 3.72. The van der Waals surface area contributed by atoms with Crippen LogP contribution in [0.3, 0.4) is 0 Å². The Kier molecular flexibility index (Phi) is 2.58. The van der Waals surface area contributed by atoms with Gasteiger partial charge in [-0.15, -0.1) is 0 Å². The van der Waals surface area contributed by atoms with Gasteiger partial charge in [-0.25, -0.2) is 15.6 Å². The predicted molar refractivity (Wildman–Crippen MR) is 48.1 cm³/mol. The molecule has 2 aliphatic rings. The maximum Gasteiger partial charge on any atom is 0.426 e. The molecular weight excluding hydrogens is 186 g/mol. The van der Waals surface area contributed by atoms with Crippen molar-refractivity contribution < 1.29 is 14.3 Å². The number of carbonyl (C=O) groups is 1. The Balaban J connectivity index is 2.04. The molecule has 2 fully saturated rings. The zero-order valence-electron chi connectivity index (χ0n) is 8.18. The predicted octanol–water partition coefficient (Wildman–Crippen LogP) is -0.641. The van der Waals surface area contributed by atoms with E-state index in [4.69, 9.17) is 15.3 Å². The Bertz CT molecular complexity index is 230. The molecule has 6 heteroatoms. The summed E-state index contributed by atoms with van der Waals surface area (Å²) in [7, 11) is 0. The first kappa shape index (κ1) is 9.70. The number of cyclic esters (lactones) is 1. The highest BCUT2D eigenvalue weighted by Gasteiger charge is 2.41. The monoisotopic (exact) mass is 201 g/mol. The number of hydrogen-bond donors (Lipinski definition) is 1. The summed E-state index contributed by atoms with van der Waals surface area (Å²) in [4.78, 5) is 13.3. The summed E-state index contributed by atoms with van der Waals surface area (Å²) < 4.78 is 10.2. The molecule has 80 valence electrons. The lowest BCUT2D eigenvalue weighted by Crippen LogP contribution is -2.55. The molecule has 2 saturated heterocycles. The van der Waals surface area contributed by atoms with E-state index < -0.39 is 6.09 Å². The first-order chi connectivity index (χ1) is 6.70. The van der Waals surface area contributed by atoms with Gasteiger partial charge in [0.15, 0.2) is 0 Å². The largest absolute Gasteiger partial charge is 0.442 e. The third kappa shape index (κ3) is 1.56. The normalized spacial score (nSPS) is 34.7. The SMILES string of the molecule is CC1OC(=O)N(N)C1N1CCOCC1. The zero-order valence-corrected chi connectivity index (χ0v) is 8.18. The second-order valence-electron chi connectivity index (χ2n) is 3.56. The van der Waals surface area contributed by atoms with Crippen LogP contribution >= 0.6 is 0 Å². The molecule has 0 aliphatic carbocycles. The van der Waals surface area contributed by atoms with E-state index in [9.17, 15) is 4.79 Å². The Morgan fingerprint density at radius 1 is 1.43 bits per heavy atom. The van der Waals surface area contributed by atoms with Crippen molar-refractivity contribution in [3.63, 3.8) is 0 Å². The van der Waals surface area contributed by atoms with Crippen molar-refractivity contribution in [2.75, 3.05) is 26.3 Å². The summed E-state index contributed by atoms with van der Waals surface area (Å²) in [5.41, 5.74) is 0. The van der Waals surface area contributed by atoms with Gasteiger partial charge in [-0.05, 0) is 6.92 Å². The van der Waals surface area contributed by atoms with E-state index in [1.54, 1.807) is 0 Å². The van der Waals surface area contributed by atoms with Crippen LogP contribution in [-0.4, -0.2) is 54.6 Å². The topological polar surface area (TPSA) is 68.0 Å².